The third-order valence-electron chi connectivity index (χ3n) is 5.30. The van der Waals surface area contributed by atoms with Crippen LogP contribution in [-0.2, 0) is 25.5 Å². The molecule has 0 bridgehead atoms. The second kappa shape index (κ2) is 17.2. The Morgan fingerprint density at radius 1 is 1.03 bits per heavy atom. The van der Waals surface area contributed by atoms with Crippen LogP contribution in [0.1, 0.15) is 38.3 Å². The van der Waals surface area contributed by atoms with E-state index in [4.69, 9.17) is 24.7 Å². The highest BCUT2D eigenvalue weighted by Crippen LogP contribution is 2.23. The second-order valence-corrected chi connectivity index (χ2v) is 7.59. The molecule has 0 spiro atoms. The van der Waals surface area contributed by atoms with Crippen molar-refractivity contribution in [3.63, 3.8) is 0 Å². The first-order chi connectivity index (χ1) is 18.4. The molecule has 8 nitrogen and oxygen atoms in total. The number of methoxy groups -OCH3 is 4. The maximum Gasteiger partial charge on any atom is 0.248 e. The number of ether oxygens (including phenoxy) is 4. The molecule has 0 heterocycles. The topological polar surface area (TPSA) is 104 Å². The minimum Gasteiger partial charge on any atom is -0.496 e. The molecule has 4 N–H and O–H groups in total. The SMILES string of the molecule is C=C(OC)/C(OC)=C(\C=C(/CC)NCc1ccc(/C=C/C(=O)Nc2ccccc2N)cc1OC)OC.CC. The van der Waals surface area contributed by atoms with E-state index < -0.39 is 0 Å². The molecule has 0 unspecified atom stereocenters. The molecule has 0 fully saturated rings. The van der Waals surface area contributed by atoms with Crippen LogP contribution < -0.4 is 21.1 Å². The van der Waals surface area contributed by atoms with Crippen molar-refractivity contribution in [3.05, 3.63) is 95.3 Å². The van der Waals surface area contributed by atoms with Crippen molar-refractivity contribution in [1.82, 2.24) is 5.32 Å². The van der Waals surface area contributed by atoms with E-state index in [0.29, 0.717) is 40.9 Å². The Morgan fingerprint density at radius 2 is 1.74 bits per heavy atom. The van der Waals surface area contributed by atoms with Gasteiger partial charge in [0.2, 0.25) is 11.7 Å². The predicted molar refractivity (Wildman–Crippen MR) is 155 cm³/mol. The van der Waals surface area contributed by atoms with Gasteiger partial charge in [-0.3, -0.25) is 4.79 Å². The number of nitrogen functional groups attached to an aromatic ring is 1. The standard InChI is InChI=1S/C28H35N3O5.C2H6/c1-7-22(17-26(35-5)28(36-6)19(2)33-3)30-18-21-14-12-20(16-25(21)34-4)13-15-27(32)31-24-11-9-8-10-23(24)29;1-2/h8-17,30H,2,7,18,29H2,1,3-6H3,(H,31,32);1-2H3/b15-13+,22-17+,28-26-;. The third-order valence-corrected chi connectivity index (χ3v) is 5.30. The number of anilines is 2. The van der Waals surface area contributed by atoms with E-state index >= 15 is 0 Å². The molecule has 0 saturated carbocycles. The van der Waals surface area contributed by atoms with Gasteiger partial charge in [-0.05, 0) is 36.3 Å². The lowest BCUT2D eigenvalue weighted by atomic mass is 10.1. The Labute approximate surface area is 226 Å². The van der Waals surface area contributed by atoms with Gasteiger partial charge in [-0.2, -0.15) is 0 Å². The van der Waals surface area contributed by atoms with Gasteiger partial charge in [-0.1, -0.05) is 51.6 Å². The third kappa shape index (κ3) is 9.61. The second-order valence-electron chi connectivity index (χ2n) is 7.59. The van der Waals surface area contributed by atoms with Crippen LogP contribution in [0.2, 0.25) is 0 Å². The fourth-order valence-corrected chi connectivity index (χ4v) is 3.27. The molecule has 38 heavy (non-hydrogen) atoms. The summed E-state index contributed by atoms with van der Waals surface area (Å²) >= 11 is 0. The zero-order valence-corrected chi connectivity index (χ0v) is 23.5. The summed E-state index contributed by atoms with van der Waals surface area (Å²) in [6.45, 7) is 10.4. The van der Waals surface area contributed by atoms with Crippen molar-refractivity contribution in [2.24, 2.45) is 0 Å². The van der Waals surface area contributed by atoms with Gasteiger partial charge in [-0.25, -0.2) is 0 Å². The lowest BCUT2D eigenvalue weighted by Gasteiger charge is -2.15. The molecular weight excluding hydrogens is 482 g/mol. The Morgan fingerprint density at radius 3 is 2.32 bits per heavy atom. The van der Waals surface area contributed by atoms with Crippen LogP contribution in [0.15, 0.2) is 84.2 Å². The van der Waals surface area contributed by atoms with Gasteiger partial charge in [-0.15, -0.1) is 0 Å². The van der Waals surface area contributed by atoms with Gasteiger partial charge in [0.25, 0.3) is 0 Å². The maximum atomic E-state index is 12.3. The van der Waals surface area contributed by atoms with Crippen molar-refractivity contribution in [2.75, 3.05) is 39.5 Å². The van der Waals surface area contributed by atoms with Gasteiger partial charge in [0.15, 0.2) is 11.5 Å². The molecule has 0 aromatic heterocycles. The molecule has 0 aliphatic carbocycles. The number of hydrogen-bond acceptors (Lipinski definition) is 7. The molecule has 0 saturated heterocycles. The summed E-state index contributed by atoms with van der Waals surface area (Å²) in [5.41, 5.74) is 9.65. The Hall–Kier alpha value is -4.33. The molecular formula is C30H41N3O5. The summed E-state index contributed by atoms with van der Waals surface area (Å²) in [6, 6.07) is 12.8. The predicted octanol–water partition coefficient (Wildman–Crippen LogP) is 6.00. The van der Waals surface area contributed by atoms with Crippen molar-refractivity contribution in [1.29, 1.82) is 0 Å². The molecule has 2 aromatic rings. The fourth-order valence-electron chi connectivity index (χ4n) is 3.27. The molecule has 8 heteroatoms. The first kappa shape index (κ1) is 31.7. The Balaban J connectivity index is 0.00000352. The Kier molecular flexibility index (Phi) is 14.3. The van der Waals surface area contributed by atoms with Gasteiger partial charge in [0.1, 0.15) is 5.75 Å². The highest BCUT2D eigenvalue weighted by molar-refractivity contribution is 6.03. The monoisotopic (exact) mass is 523 g/mol. The summed E-state index contributed by atoms with van der Waals surface area (Å²) in [6.07, 6.45) is 5.76. The van der Waals surface area contributed by atoms with Crippen molar-refractivity contribution in [2.45, 2.75) is 33.7 Å². The van der Waals surface area contributed by atoms with Gasteiger partial charge < -0.3 is 35.3 Å². The first-order valence-electron chi connectivity index (χ1n) is 12.4. The number of nitrogens with one attached hydrogen (secondary N) is 2. The van der Waals surface area contributed by atoms with E-state index in [1.165, 1.54) is 20.3 Å². The van der Waals surface area contributed by atoms with Crippen LogP contribution in [0, 0.1) is 0 Å². The molecule has 0 atom stereocenters. The van der Waals surface area contributed by atoms with E-state index in [2.05, 4.69) is 17.2 Å². The number of nitrogens with two attached hydrogens (primary N) is 1. The summed E-state index contributed by atoms with van der Waals surface area (Å²) in [5.74, 6) is 1.70. The number of carbonyl (C=O) groups excluding carboxylic acids is 1. The highest BCUT2D eigenvalue weighted by Gasteiger charge is 2.12. The average molecular weight is 524 g/mol. The van der Waals surface area contributed by atoms with E-state index in [0.717, 1.165) is 23.2 Å². The van der Waals surface area contributed by atoms with E-state index in [1.54, 1.807) is 32.4 Å². The average Bonchev–Trinajstić information content (AvgIpc) is 2.95. The van der Waals surface area contributed by atoms with Crippen LogP contribution >= 0.6 is 0 Å². The zero-order valence-electron chi connectivity index (χ0n) is 23.5. The van der Waals surface area contributed by atoms with Crippen molar-refractivity contribution in [3.8, 4) is 5.75 Å². The lowest BCUT2D eigenvalue weighted by molar-refractivity contribution is -0.111. The van der Waals surface area contributed by atoms with Gasteiger partial charge >= 0.3 is 0 Å². The first-order valence-corrected chi connectivity index (χ1v) is 12.4. The summed E-state index contributed by atoms with van der Waals surface area (Å²) < 4.78 is 21.6. The Bertz CT molecular complexity index is 1150. The molecule has 0 radical (unpaired) electrons. The highest BCUT2D eigenvalue weighted by atomic mass is 16.5. The summed E-state index contributed by atoms with van der Waals surface area (Å²) in [4.78, 5) is 12.3. The smallest absolute Gasteiger partial charge is 0.248 e. The molecule has 1 amide bonds. The van der Waals surface area contributed by atoms with Gasteiger partial charge in [0.05, 0.1) is 39.8 Å². The molecule has 206 valence electrons. The van der Waals surface area contributed by atoms with Crippen LogP contribution in [0.4, 0.5) is 11.4 Å². The zero-order chi connectivity index (χ0) is 28.5. The molecule has 0 aliphatic heterocycles. The van der Waals surface area contributed by atoms with Gasteiger partial charge in [0, 0.05) is 30.0 Å². The van der Waals surface area contributed by atoms with Crippen LogP contribution in [-0.4, -0.2) is 34.3 Å². The largest absolute Gasteiger partial charge is 0.496 e. The number of allylic oxidation sites excluding steroid dienone is 2. The lowest BCUT2D eigenvalue weighted by Crippen LogP contribution is -2.14. The minimum atomic E-state index is -0.274. The van der Waals surface area contributed by atoms with E-state index in [1.807, 2.05) is 57.2 Å². The quantitative estimate of drug-likeness (QED) is 0.128. The van der Waals surface area contributed by atoms with E-state index in [-0.39, 0.29) is 5.91 Å². The van der Waals surface area contributed by atoms with E-state index in [9.17, 15) is 4.79 Å². The van der Waals surface area contributed by atoms with Crippen LogP contribution in [0.25, 0.3) is 6.08 Å². The fraction of sp³-hybridized carbons (Fsp3) is 0.300. The molecule has 2 aromatic carbocycles. The maximum absolute atomic E-state index is 12.3. The van der Waals surface area contributed by atoms with Crippen molar-refractivity contribution < 1.29 is 23.7 Å². The molecule has 2 rings (SSSR count). The number of rotatable bonds is 13. The van der Waals surface area contributed by atoms with Crippen LogP contribution in [0.5, 0.6) is 5.75 Å². The number of hydrogen-bond donors (Lipinski definition) is 3. The normalized spacial score (nSPS) is 11.5. The van der Waals surface area contributed by atoms with Crippen molar-refractivity contribution >= 4 is 23.4 Å². The number of para-hydroxylation sites is 2. The molecule has 0 aliphatic rings. The van der Waals surface area contributed by atoms with Crippen LogP contribution in [0.3, 0.4) is 0 Å². The summed E-state index contributed by atoms with van der Waals surface area (Å²) in [7, 11) is 6.23. The minimum absolute atomic E-state index is 0.274. The number of carbonyl (C=O) groups is 1. The number of amides is 1. The number of benzene rings is 2. The summed E-state index contributed by atoms with van der Waals surface area (Å²) in [5, 5.41) is 6.18.